The maximum atomic E-state index is 5.36. The fraction of sp³-hybridized carbons (Fsp3) is 0.385. The second kappa shape index (κ2) is 4.88. The molecule has 5 heteroatoms. The SMILES string of the molecule is COC1C[N]C(c2cc(-c3ccccn3)no2)C1. The molecule has 1 saturated heterocycles. The van der Waals surface area contributed by atoms with Crippen LogP contribution < -0.4 is 5.32 Å². The highest BCUT2D eigenvalue weighted by atomic mass is 16.5. The molecule has 3 heterocycles. The first-order valence-corrected chi connectivity index (χ1v) is 5.94. The number of methoxy groups -OCH3 is 1. The third-order valence-electron chi connectivity index (χ3n) is 3.13. The summed E-state index contributed by atoms with van der Waals surface area (Å²) in [7, 11) is 1.71. The molecule has 1 aliphatic rings. The van der Waals surface area contributed by atoms with Crippen molar-refractivity contribution in [2.24, 2.45) is 0 Å². The van der Waals surface area contributed by atoms with Gasteiger partial charge >= 0.3 is 0 Å². The van der Waals surface area contributed by atoms with Gasteiger partial charge in [-0.25, -0.2) is 5.32 Å². The lowest BCUT2D eigenvalue weighted by atomic mass is 10.1. The van der Waals surface area contributed by atoms with Crippen LogP contribution in [0.3, 0.4) is 0 Å². The zero-order chi connectivity index (χ0) is 12.4. The van der Waals surface area contributed by atoms with Gasteiger partial charge in [0.25, 0.3) is 0 Å². The summed E-state index contributed by atoms with van der Waals surface area (Å²) in [5, 5.41) is 8.53. The molecule has 18 heavy (non-hydrogen) atoms. The van der Waals surface area contributed by atoms with E-state index in [1.54, 1.807) is 13.3 Å². The smallest absolute Gasteiger partial charge is 0.156 e. The summed E-state index contributed by atoms with van der Waals surface area (Å²) in [5.74, 6) is 0.787. The van der Waals surface area contributed by atoms with E-state index in [1.807, 2.05) is 24.3 Å². The van der Waals surface area contributed by atoms with Crippen LogP contribution in [-0.4, -0.2) is 29.9 Å². The number of rotatable bonds is 3. The van der Waals surface area contributed by atoms with E-state index in [1.165, 1.54) is 0 Å². The maximum absolute atomic E-state index is 5.36. The normalized spacial score (nSPS) is 23.4. The van der Waals surface area contributed by atoms with Crippen molar-refractivity contribution >= 4 is 0 Å². The van der Waals surface area contributed by atoms with Gasteiger partial charge in [-0.2, -0.15) is 0 Å². The van der Waals surface area contributed by atoms with Gasteiger partial charge in [0.1, 0.15) is 5.69 Å². The first kappa shape index (κ1) is 11.4. The molecule has 2 aromatic heterocycles. The third-order valence-corrected chi connectivity index (χ3v) is 3.13. The zero-order valence-electron chi connectivity index (χ0n) is 10.1. The lowest BCUT2D eigenvalue weighted by molar-refractivity contribution is 0.116. The van der Waals surface area contributed by atoms with E-state index < -0.39 is 0 Å². The molecule has 0 spiro atoms. The molecule has 0 amide bonds. The quantitative estimate of drug-likeness (QED) is 0.826. The van der Waals surface area contributed by atoms with Gasteiger partial charge in [-0.1, -0.05) is 11.2 Å². The van der Waals surface area contributed by atoms with Crippen LogP contribution in [0.15, 0.2) is 35.0 Å². The van der Waals surface area contributed by atoms with E-state index >= 15 is 0 Å². The average molecular weight is 244 g/mol. The Hall–Kier alpha value is -1.72. The Morgan fingerprint density at radius 1 is 1.33 bits per heavy atom. The number of nitrogens with zero attached hydrogens (tertiary/aromatic N) is 3. The van der Waals surface area contributed by atoms with Crippen LogP contribution in [-0.2, 0) is 4.74 Å². The molecule has 0 aromatic carbocycles. The maximum Gasteiger partial charge on any atom is 0.156 e. The minimum absolute atomic E-state index is 0.0555. The molecular weight excluding hydrogens is 230 g/mol. The van der Waals surface area contributed by atoms with E-state index in [-0.39, 0.29) is 12.1 Å². The Labute approximate surface area is 105 Å². The highest BCUT2D eigenvalue weighted by molar-refractivity contribution is 5.53. The van der Waals surface area contributed by atoms with Crippen molar-refractivity contribution in [3.8, 4) is 11.4 Å². The van der Waals surface area contributed by atoms with Crippen LogP contribution in [0.25, 0.3) is 11.4 Å². The molecular formula is C13H14N3O2. The Balaban J connectivity index is 1.78. The molecule has 3 rings (SSSR count). The van der Waals surface area contributed by atoms with Gasteiger partial charge < -0.3 is 9.26 Å². The van der Waals surface area contributed by atoms with Crippen molar-refractivity contribution in [1.29, 1.82) is 0 Å². The van der Waals surface area contributed by atoms with Gasteiger partial charge in [0.15, 0.2) is 5.76 Å². The zero-order valence-corrected chi connectivity index (χ0v) is 10.1. The van der Waals surface area contributed by atoms with Gasteiger partial charge in [0, 0.05) is 25.9 Å². The number of hydrogen-bond donors (Lipinski definition) is 0. The summed E-state index contributed by atoms with van der Waals surface area (Å²) in [6.45, 7) is 0.723. The largest absolute Gasteiger partial charge is 0.380 e. The average Bonchev–Trinajstić information content (AvgIpc) is 3.08. The monoisotopic (exact) mass is 244 g/mol. The molecule has 5 nitrogen and oxygen atoms in total. The lowest BCUT2D eigenvalue weighted by Crippen LogP contribution is -2.10. The molecule has 93 valence electrons. The van der Waals surface area contributed by atoms with Crippen molar-refractivity contribution in [2.45, 2.75) is 18.6 Å². The minimum atomic E-state index is 0.0555. The van der Waals surface area contributed by atoms with Gasteiger partial charge in [-0.3, -0.25) is 4.98 Å². The molecule has 0 N–H and O–H groups in total. The summed E-state index contributed by atoms with van der Waals surface area (Å²) in [4.78, 5) is 4.24. The van der Waals surface area contributed by atoms with Gasteiger partial charge in [-0.05, 0) is 18.6 Å². The van der Waals surface area contributed by atoms with Crippen molar-refractivity contribution in [3.05, 3.63) is 36.2 Å². The Kier molecular flexibility index (Phi) is 3.08. The Bertz CT molecular complexity index is 512. The molecule has 0 aliphatic carbocycles. The lowest BCUT2D eigenvalue weighted by Gasteiger charge is -2.04. The Morgan fingerprint density at radius 2 is 2.28 bits per heavy atom. The van der Waals surface area contributed by atoms with Crippen LogP contribution in [0.2, 0.25) is 0 Å². The van der Waals surface area contributed by atoms with Crippen molar-refractivity contribution in [2.75, 3.05) is 13.7 Å². The van der Waals surface area contributed by atoms with E-state index in [4.69, 9.17) is 9.26 Å². The summed E-state index contributed by atoms with van der Waals surface area (Å²) in [5.41, 5.74) is 1.57. The second-order valence-corrected chi connectivity index (χ2v) is 4.30. The standard InChI is InChI=1S/C13H14N3O2/c1-17-9-6-12(15-8-9)13-7-11(16-18-13)10-4-2-3-5-14-10/h2-5,7,9,12H,6,8H2,1H3. The first-order chi connectivity index (χ1) is 8.86. The summed E-state index contributed by atoms with van der Waals surface area (Å²) in [6, 6.07) is 7.68. The third kappa shape index (κ3) is 2.14. The fourth-order valence-corrected chi connectivity index (χ4v) is 2.10. The highest BCUT2D eigenvalue weighted by Gasteiger charge is 2.29. The van der Waals surface area contributed by atoms with Gasteiger partial charge in [0.05, 0.1) is 17.8 Å². The number of pyridine rings is 1. The molecule has 1 aliphatic heterocycles. The minimum Gasteiger partial charge on any atom is -0.380 e. The molecule has 0 bridgehead atoms. The predicted octanol–water partition coefficient (Wildman–Crippen LogP) is 1.80. The van der Waals surface area contributed by atoms with Crippen LogP contribution in [0.1, 0.15) is 18.2 Å². The summed E-state index contributed by atoms with van der Waals surface area (Å²) < 4.78 is 10.6. The van der Waals surface area contributed by atoms with Crippen molar-refractivity contribution < 1.29 is 9.26 Å². The second-order valence-electron chi connectivity index (χ2n) is 4.30. The predicted molar refractivity (Wildman–Crippen MR) is 64.9 cm³/mol. The van der Waals surface area contributed by atoms with E-state index in [2.05, 4.69) is 15.5 Å². The van der Waals surface area contributed by atoms with Crippen molar-refractivity contribution in [3.63, 3.8) is 0 Å². The van der Waals surface area contributed by atoms with Gasteiger partial charge in [-0.15, -0.1) is 0 Å². The first-order valence-electron chi connectivity index (χ1n) is 5.94. The summed E-state index contributed by atoms with van der Waals surface area (Å²) >= 11 is 0. The molecule has 2 atom stereocenters. The molecule has 0 saturated carbocycles. The van der Waals surface area contributed by atoms with Crippen LogP contribution >= 0.6 is 0 Å². The topological polar surface area (TPSA) is 62.2 Å². The molecule has 1 fully saturated rings. The van der Waals surface area contributed by atoms with E-state index in [9.17, 15) is 0 Å². The van der Waals surface area contributed by atoms with E-state index in [0.29, 0.717) is 0 Å². The number of hydrogen-bond acceptors (Lipinski definition) is 4. The van der Waals surface area contributed by atoms with Crippen LogP contribution in [0.5, 0.6) is 0 Å². The van der Waals surface area contributed by atoms with Gasteiger partial charge in [0.2, 0.25) is 0 Å². The van der Waals surface area contributed by atoms with Crippen molar-refractivity contribution in [1.82, 2.24) is 15.5 Å². The van der Waals surface area contributed by atoms with E-state index in [0.717, 1.165) is 30.1 Å². The summed E-state index contributed by atoms with van der Waals surface area (Å²) in [6.07, 6.45) is 2.79. The fourth-order valence-electron chi connectivity index (χ4n) is 2.10. The van der Waals surface area contributed by atoms with Crippen LogP contribution in [0, 0.1) is 0 Å². The molecule has 2 unspecified atom stereocenters. The number of aromatic nitrogens is 2. The molecule has 1 radical (unpaired) electrons. The highest BCUT2D eigenvalue weighted by Crippen LogP contribution is 2.28. The molecule has 2 aromatic rings. The Morgan fingerprint density at radius 3 is 3.00 bits per heavy atom. The number of ether oxygens (including phenoxy) is 1. The van der Waals surface area contributed by atoms with Crippen LogP contribution in [0.4, 0.5) is 0 Å².